The largest absolute Gasteiger partial charge is 0.472 e. The second-order valence-electron chi connectivity index (χ2n) is 7.27. The van der Waals surface area contributed by atoms with E-state index in [1.807, 2.05) is 13.2 Å². The number of carbonyl (C=O) groups is 1. The van der Waals surface area contributed by atoms with Gasteiger partial charge in [0, 0.05) is 38.6 Å². The Hall–Kier alpha value is -2.68. The maximum Gasteiger partial charge on any atom is 0.257 e. The van der Waals surface area contributed by atoms with Crippen LogP contribution in [0.25, 0.3) is 0 Å². The summed E-state index contributed by atoms with van der Waals surface area (Å²) < 4.78 is 7.59. The van der Waals surface area contributed by atoms with Crippen molar-refractivity contribution in [2.45, 2.75) is 44.2 Å². The Morgan fingerprint density at radius 3 is 2.70 bits per heavy atom. The fraction of sp³-hybridized carbons (Fsp3) is 0.556. The van der Waals surface area contributed by atoms with Crippen molar-refractivity contribution in [1.82, 2.24) is 24.6 Å². The summed E-state index contributed by atoms with van der Waals surface area (Å²) in [6.07, 6.45) is 10.3. The molecule has 0 radical (unpaired) electrons. The Bertz CT molecular complexity index is 801. The van der Waals surface area contributed by atoms with E-state index in [4.69, 9.17) is 10.5 Å². The second kappa shape index (κ2) is 7.51. The molecule has 3 heterocycles. The zero-order valence-electron chi connectivity index (χ0n) is 15.5. The van der Waals surface area contributed by atoms with Gasteiger partial charge >= 0.3 is 0 Å². The van der Waals surface area contributed by atoms with Gasteiger partial charge in [-0.25, -0.2) is 9.97 Å². The van der Waals surface area contributed by atoms with Gasteiger partial charge in [0.2, 0.25) is 5.95 Å². The van der Waals surface area contributed by atoms with E-state index in [1.54, 1.807) is 22.0 Å². The molecular weight excluding hydrogens is 346 g/mol. The summed E-state index contributed by atoms with van der Waals surface area (Å²) in [7, 11) is 1.84. The molecule has 144 valence electrons. The summed E-state index contributed by atoms with van der Waals surface area (Å²) in [5.74, 6) is 0.869. The van der Waals surface area contributed by atoms with E-state index in [-0.39, 0.29) is 18.1 Å². The normalized spacial score (nSPS) is 20.2. The zero-order chi connectivity index (χ0) is 18.8. The van der Waals surface area contributed by atoms with E-state index < -0.39 is 0 Å². The molecule has 1 amide bonds. The third-order valence-electron chi connectivity index (χ3n) is 5.02. The third-order valence-corrected chi connectivity index (χ3v) is 5.02. The fourth-order valence-corrected chi connectivity index (χ4v) is 3.29. The van der Waals surface area contributed by atoms with Gasteiger partial charge in [-0.05, 0) is 32.1 Å². The molecule has 1 atom stereocenters. The molecule has 0 spiro atoms. The third kappa shape index (κ3) is 4.02. The van der Waals surface area contributed by atoms with E-state index in [0.717, 1.165) is 32.2 Å². The lowest BCUT2D eigenvalue weighted by Crippen LogP contribution is -2.45. The number of aromatic nitrogens is 4. The quantitative estimate of drug-likeness (QED) is 0.818. The Kier molecular flexibility index (Phi) is 4.93. The van der Waals surface area contributed by atoms with Gasteiger partial charge < -0.3 is 20.7 Å². The molecule has 0 bridgehead atoms. The van der Waals surface area contributed by atoms with Crippen molar-refractivity contribution in [2.75, 3.05) is 18.4 Å². The summed E-state index contributed by atoms with van der Waals surface area (Å²) in [4.78, 5) is 22.9. The van der Waals surface area contributed by atoms with Crippen molar-refractivity contribution < 1.29 is 9.53 Å². The van der Waals surface area contributed by atoms with Crippen LogP contribution in [-0.2, 0) is 7.05 Å². The first-order valence-corrected chi connectivity index (χ1v) is 9.42. The van der Waals surface area contributed by atoms with Crippen LogP contribution in [0.4, 0.5) is 11.6 Å². The Morgan fingerprint density at radius 2 is 2.04 bits per heavy atom. The molecular formula is C18H25N7O2. The van der Waals surface area contributed by atoms with Gasteiger partial charge in [-0.2, -0.15) is 0 Å². The van der Waals surface area contributed by atoms with E-state index in [9.17, 15) is 4.79 Å². The summed E-state index contributed by atoms with van der Waals surface area (Å²) >= 11 is 0. The van der Waals surface area contributed by atoms with Crippen LogP contribution in [0.3, 0.4) is 0 Å². The predicted octanol–water partition coefficient (Wildman–Crippen LogP) is 1.45. The minimum atomic E-state index is -0.0768. The minimum absolute atomic E-state index is 0.0456. The van der Waals surface area contributed by atoms with Crippen LogP contribution in [0.2, 0.25) is 0 Å². The average Bonchev–Trinajstić information content (AvgIpc) is 2.97. The number of piperidine rings is 1. The van der Waals surface area contributed by atoms with E-state index in [2.05, 4.69) is 20.4 Å². The number of carbonyl (C=O) groups excluding carboxylic acids is 1. The van der Waals surface area contributed by atoms with Crippen molar-refractivity contribution in [3.63, 3.8) is 0 Å². The zero-order valence-corrected chi connectivity index (χ0v) is 15.5. The topological polar surface area (TPSA) is 111 Å². The molecule has 0 aromatic carbocycles. The molecule has 2 aromatic rings. The molecule has 1 aliphatic heterocycles. The number of aryl methyl sites for hydroxylation is 1. The maximum absolute atomic E-state index is 12.6. The molecule has 3 N–H and O–H groups in total. The molecule has 9 heteroatoms. The van der Waals surface area contributed by atoms with Crippen LogP contribution in [-0.4, -0.2) is 55.8 Å². The van der Waals surface area contributed by atoms with E-state index in [0.29, 0.717) is 29.6 Å². The second-order valence-corrected chi connectivity index (χ2v) is 7.27. The highest BCUT2D eigenvalue weighted by atomic mass is 16.5. The molecule has 9 nitrogen and oxygen atoms in total. The standard InChI is InChI=1S/C18H25N7O2/c1-24-11-15(16(23-24)27-14-5-2-6-14)22-18-20-8-12(9-21-18)17(26)25-7-3-4-13(19)10-25/h8-9,11,13-14H,2-7,10,19H2,1H3,(H,20,21,22). The Balaban J connectivity index is 1.43. The minimum Gasteiger partial charge on any atom is -0.472 e. The number of nitrogens with zero attached hydrogens (tertiary/aromatic N) is 5. The Labute approximate surface area is 157 Å². The number of hydrogen-bond acceptors (Lipinski definition) is 7. The van der Waals surface area contributed by atoms with Gasteiger partial charge in [0.15, 0.2) is 0 Å². The van der Waals surface area contributed by atoms with Crippen LogP contribution in [0.1, 0.15) is 42.5 Å². The molecule has 2 fully saturated rings. The lowest BCUT2D eigenvalue weighted by atomic mass is 9.96. The van der Waals surface area contributed by atoms with Crippen molar-refractivity contribution in [3.05, 3.63) is 24.2 Å². The lowest BCUT2D eigenvalue weighted by Gasteiger charge is -2.30. The predicted molar refractivity (Wildman–Crippen MR) is 99.9 cm³/mol. The van der Waals surface area contributed by atoms with Crippen molar-refractivity contribution >= 4 is 17.5 Å². The number of nitrogens with two attached hydrogens (primary N) is 1. The van der Waals surface area contributed by atoms with Gasteiger partial charge in [-0.15, -0.1) is 5.10 Å². The fourth-order valence-electron chi connectivity index (χ4n) is 3.29. The van der Waals surface area contributed by atoms with Gasteiger partial charge in [-0.3, -0.25) is 9.48 Å². The first-order chi connectivity index (χ1) is 13.1. The van der Waals surface area contributed by atoms with Gasteiger partial charge in [0.1, 0.15) is 11.8 Å². The van der Waals surface area contributed by atoms with Crippen molar-refractivity contribution in [3.8, 4) is 5.88 Å². The van der Waals surface area contributed by atoms with Crippen LogP contribution in [0, 0.1) is 0 Å². The summed E-state index contributed by atoms with van der Waals surface area (Å²) in [5, 5.41) is 7.47. The summed E-state index contributed by atoms with van der Waals surface area (Å²) in [5.41, 5.74) is 7.14. The van der Waals surface area contributed by atoms with E-state index >= 15 is 0 Å². The smallest absolute Gasteiger partial charge is 0.257 e. The molecule has 4 rings (SSSR count). The summed E-state index contributed by atoms with van der Waals surface area (Å²) in [6.45, 7) is 1.31. The number of hydrogen-bond donors (Lipinski definition) is 2. The number of nitrogens with one attached hydrogen (secondary N) is 1. The molecule has 1 unspecified atom stereocenters. The monoisotopic (exact) mass is 371 g/mol. The van der Waals surface area contributed by atoms with Crippen molar-refractivity contribution in [2.24, 2.45) is 12.8 Å². The number of anilines is 2. The highest BCUT2D eigenvalue weighted by Gasteiger charge is 2.24. The molecule has 27 heavy (non-hydrogen) atoms. The molecule has 2 aromatic heterocycles. The van der Waals surface area contributed by atoms with Crippen LogP contribution in [0.15, 0.2) is 18.6 Å². The van der Waals surface area contributed by atoms with Gasteiger partial charge in [-0.1, -0.05) is 0 Å². The number of rotatable bonds is 5. The maximum atomic E-state index is 12.6. The number of likely N-dealkylation sites (tertiary alicyclic amines) is 1. The van der Waals surface area contributed by atoms with Gasteiger partial charge in [0.05, 0.1) is 11.8 Å². The Morgan fingerprint density at radius 1 is 1.26 bits per heavy atom. The van der Waals surface area contributed by atoms with E-state index in [1.165, 1.54) is 6.42 Å². The molecule has 2 aliphatic rings. The molecule has 1 aliphatic carbocycles. The highest BCUT2D eigenvalue weighted by molar-refractivity contribution is 5.93. The summed E-state index contributed by atoms with van der Waals surface area (Å²) in [6, 6.07) is 0.0456. The number of amides is 1. The lowest BCUT2D eigenvalue weighted by molar-refractivity contribution is 0.0708. The first kappa shape index (κ1) is 17.7. The average molecular weight is 371 g/mol. The van der Waals surface area contributed by atoms with Crippen molar-refractivity contribution in [1.29, 1.82) is 0 Å². The molecule has 1 saturated carbocycles. The van der Waals surface area contributed by atoms with Gasteiger partial charge in [0.25, 0.3) is 11.8 Å². The highest BCUT2D eigenvalue weighted by Crippen LogP contribution is 2.30. The van der Waals surface area contributed by atoms with Crippen LogP contribution >= 0.6 is 0 Å². The molecule has 1 saturated heterocycles. The SMILES string of the molecule is Cn1cc(Nc2ncc(C(=O)N3CCCC(N)C3)cn2)c(OC2CCC2)n1. The van der Waals surface area contributed by atoms with Crippen LogP contribution < -0.4 is 15.8 Å². The first-order valence-electron chi connectivity index (χ1n) is 9.42. The van der Waals surface area contributed by atoms with Crippen LogP contribution in [0.5, 0.6) is 5.88 Å². The number of ether oxygens (including phenoxy) is 1.